The van der Waals surface area contributed by atoms with Gasteiger partial charge < -0.3 is 9.47 Å². The number of anilines is 1. The molecule has 1 heterocycles. The van der Waals surface area contributed by atoms with Crippen LogP contribution in [0.15, 0.2) is 28.6 Å². The van der Waals surface area contributed by atoms with Crippen molar-refractivity contribution >= 4 is 44.2 Å². The van der Waals surface area contributed by atoms with Crippen molar-refractivity contribution in [3.8, 4) is 11.5 Å². The van der Waals surface area contributed by atoms with Gasteiger partial charge in [0.1, 0.15) is 21.3 Å². The number of carbonyl (C=O) groups excluding carboxylic acids is 3. The molecular formula is C17H18N2O7S2. The number of sulfone groups is 1. The van der Waals surface area contributed by atoms with E-state index in [2.05, 4.69) is 10.3 Å². The topological polar surface area (TPSA) is 129 Å². The summed E-state index contributed by atoms with van der Waals surface area (Å²) in [5.74, 6) is -2.36. The molecule has 1 aromatic heterocycles. The van der Waals surface area contributed by atoms with Gasteiger partial charge >= 0.3 is 11.9 Å². The minimum Gasteiger partial charge on any atom is -0.426 e. The lowest BCUT2D eigenvalue weighted by Crippen LogP contribution is -2.17. The van der Waals surface area contributed by atoms with Crippen molar-refractivity contribution in [1.82, 2.24) is 4.98 Å². The highest BCUT2D eigenvalue weighted by Crippen LogP contribution is 2.31. The molecule has 9 nitrogen and oxygen atoms in total. The zero-order chi connectivity index (χ0) is 21.1. The smallest absolute Gasteiger partial charge is 0.308 e. The number of esters is 2. The standard InChI is InChI=1S/C17H18N2O7S2/c1-9(2)28(23,24)14-8-18-17(27-14)19-16(22)15-12(25-10(3)20)6-5-7-13(15)26-11(4)21/h5-9H,1-4H3,(H,18,19,22). The Morgan fingerprint density at radius 3 is 2.07 bits per heavy atom. The van der Waals surface area contributed by atoms with Gasteiger partial charge in [0.15, 0.2) is 15.0 Å². The lowest BCUT2D eigenvalue weighted by Gasteiger charge is -2.12. The minimum absolute atomic E-state index is 0.00582. The van der Waals surface area contributed by atoms with Gasteiger partial charge in [0.25, 0.3) is 5.91 Å². The van der Waals surface area contributed by atoms with Gasteiger partial charge in [0.05, 0.1) is 11.4 Å². The third kappa shape index (κ3) is 4.93. The molecule has 0 saturated heterocycles. The van der Waals surface area contributed by atoms with Crippen molar-refractivity contribution in [3.05, 3.63) is 30.0 Å². The van der Waals surface area contributed by atoms with E-state index in [1.165, 1.54) is 32.0 Å². The SMILES string of the molecule is CC(=O)Oc1cccc(OC(C)=O)c1C(=O)Nc1ncc(S(=O)(=O)C(C)C)s1. The van der Waals surface area contributed by atoms with Gasteiger partial charge in [0.2, 0.25) is 0 Å². The lowest BCUT2D eigenvalue weighted by molar-refractivity contribution is -0.132. The molecule has 0 bridgehead atoms. The van der Waals surface area contributed by atoms with Gasteiger partial charge in [-0.15, -0.1) is 0 Å². The second-order valence-corrected chi connectivity index (χ2v) is 9.61. The predicted octanol–water partition coefficient (Wildman–Crippen LogP) is 2.43. The summed E-state index contributed by atoms with van der Waals surface area (Å²) in [6.45, 7) is 5.39. The van der Waals surface area contributed by atoms with Crippen LogP contribution in [0.3, 0.4) is 0 Å². The van der Waals surface area contributed by atoms with Gasteiger partial charge in [0, 0.05) is 13.8 Å². The molecule has 0 saturated carbocycles. The van der Waals surface area contributed by atoms with Crippen molar-refractivity contribution in [2.24, 2.45) is 0 Å². The van der Waals surface area contributed by atoms with Gasteiger partial charge in [-0.2, -0.15) is 0 Å². The molecule has 2 rings (SSSR count). The maximum Gasteiger partial charge on any atom is 0.308 e. The number of hydrogen-bond donors (Lipinski definition) is 1. The summed E-state index contributed by atoms with van der Waals surface area (Å²) < 4.78 is 34.4. The molecule has 0 aliphatic carbocycles. The van der Waals surface area contributed by atoms with Crippen LogP contribution in [0.2, 0.25) is 0 Å². The highest BCUT2D eigenvalue weighted by molar-refractivity contribution is 7.94. The number of amides is 1. The number of hydrogen-bond acceptors (Lipinski definition) is 9. The number of ether oxygens (including phenoxy) is 2. The monoisotopic (exact) mass is 426 g/mol. The highest BCUT2D eigenvalue weighted by atomic mass is 32.2. The first-order valence-electron chi connectivity index (χ1n) is 8.03. The van der Waals surface area contributed by atoms with Gasteiger partial charge in [-0.05, 0) is 26.0 Å². The summed E-state index contributed by atoms with van der Waals surface area (Å²) in [6, 6.07) is 4.17. The van der Waals surface area contributed by atoms with Gasteiger partial charge in [-0.3, -0.25) is 19.7 Å². The maximum absolute atomic E-state index is 12.7. The molecule has 0 spiro atoms. The molecule has 150 valence electrons. The third-order valence-electron chi connectivity index (χ3n) is 3.33. The van der Waals surface area contributed by atoms with E-state index in [-0.39, 0.29) is 26.4 Å². The molecule has 0 aliphatic heterocycles. The zero-order valence-electron chi connectivity index (χ0n) is 15.5. The first-order valence-corrected chi connectivity index (χ1v) is 10.4. The van der Waals surface area contributed by atoms with Crippen LogP contribution >= 0.6 is 11.3 Å². The van der Waals surface area contributed by atoms with Crippen LogP contribution in [0.4, 0.5) is 5.13 Å². The Kier molecular flexibility index (Phi) is 6.52. The molecule has 1 amide bonds. The van der Waals surface area contributed by atoms with Crippen LogP contribution in [-0.2, 0) is 19.4 Å². The Balaban J connectivity index is 2.39. The number of carbonyl (C=O) groups is 3. The Bertz CT molecular complexity index is 992. The van der Waals surface area contributed by atoms with Crippen LogP contribution < -0.4 is 14.8 Å². The number of thiazole rings is 1. The summed E-state index contributed by atoms with van der Waals surface area (Å²) in [4.78, 5) is 39.3. The summed E-state index contributed by atoms with van der Waals surface area (Å²) in [6.07, 6.45) is 1.15. The molecule has 0 aliphatic rings. The van der Waals surface area contributed by atoms with Crippen LogP contribution in [0.5, 0.6) is 11.5 Å². The quantitative estimate of drug-likeness (QED) is 0.551. The highest BCUT2D eigenvalue weighted by Gasteiger charge is 2.25. The van der Waals surface area contributed by atoms with E-state index in [4.69, 9.17) is 9.47 Å². The summed E-state index contributed by atoms with van der Waals surface area (Å²) >= 11 is 0.784. The number of benzene rings is 1. The van der Waals surface area contributed by atoms with Gasteiger partial charge in [-0.25, -0.2) is 13.4 Å². The summed E-state index contributed by atoms with van der Waals surface area (Å²) in [5.41, 5.74) is -0.198. The van der Waals surface area contributed by atoms with E-state index in [1.54, 1.807) is 0 Å². The average molecular weight is 426 g/mol. The fourth-order valence-electron chi connectivity index (χ4n) is 2.06. The molecule has 0 atom stereocenters. The van der Waals surface area contributed by atoms with Crippen LogP contribution in [0, 0.1) is 0 Å². The molecule has 0 unspecified atom stereocenters. The van der Waals surface area contributed by atoms with Crippen LogP contribution in [0.1, 0.15) is 38.1 Å². The molecule has 0 radical (unpaired) electrons. The first-order chi connectivity index (χ1) is 13.0. The molecule has 1 aromatic carbocycles. The zero-order valence-corrected chi connectivity index (χ0v) is 17.1. The number of aromatic nitrogens is 1. The Morgan fingerprint density at radius 1 is 1.07 bits per heavy atom. The van der Waals surface area contributed by atoms with Crippen molar-refractivity contribution in [1.29, 1.82) is 0 Å². The van der Waals surface area contributed by atoms with Crippen LogP contribution in [-0.4, -0.2) is 36.5 Å². The summed E-state index contributed by atoms with van der Waals surface area (Å²) in [5, 5.41) is 1.82. The van der Waals surface area contributed by atoms with E-state index in [0.29, 0.717) is 0 Å². The van der Waals surface area contributed by atoms with E-state index in [1.807, 2.05) is 0 Å². The Morgan fingerprint density at radius 2 is 1.61 bits per heavy atom. The number of nitrogens with one attached hydrogen (secondary N) is 1. The molecule has 0 fully saturated rings. The average Bonchev–Trinajstić information content (AvgIpc) is 3.02. The van der Waals surface area contributed by atoms with E-state index < -0.39 is 32.9 Å². The number of nitrogens with zero attached hydrogens (tertiary/aromatic N) is 1. The fourth-order valence-corrected chi connectivity index (χ4v) is 4.54. The van der Waals surface area contributed by atoms with E-state index in [9.17, 15) is 22.8 Å². The maximum atomic E-state index is 12.7. The second-order valence-electron chi connectivity index (χ2n) is 5.85. The molecule has 2 aromatic rings. The normalized spacial score (nSPS) is 11.2. The molecule has 28 heavy (non-hydrogen) atoms. The van der Waals surface area contributed by atoms with Crippen molar-refractivity contribution in [3.63, 3.8) is 0 Å². The lowest BCUT2D eigenvalue weighted by atomic mass is 10.1. The predicted molar refractivity (Wildman–Crippen MR) is 101 cm³/mol. The third-order valence-corrected chi connectivity index (χ3v) is 6.89. The Labute approximate surface area is 165 Å². The van der Waals surface area contributed by atoms with Crippen LogP contribution in [0.25, 0.3) is 0 Å². The fraction of sp³-hybridized carbons (Fsp3) is 0.294. The minimum atomic E-state index is -3.54. The van der Waals surface area contributed by atoms with E-state index in [0.717, 1.165) is 31.4 Å². The van der Waals surface area contributed by atoms with Crippen molar-refractivity contribution < 1.29 is 32.3 Å². The second kappa shape index (κ2) is 8.48. The number of rotatable bonds is 6. The summed E-state index contributed by atoms with van der Waals surface area (Å²) in [7, 11) is -3.54. The largest absolute Gasteiger partial charge is 0.426 e. The molecule has 1 N–H and O–H groups in total. The molecular weight excluding hydrogens is 408 g/mol. The van der Waals surface area contributed by atoms with Crippen molar-refractivity contribution in [2.45, 2.75) is 37.2 Å². The van der Waals surface area contributed by atoms with E-state index >= 15 is 0 Å². The van der Waals surface area contributed by atoms with Crippen molar-refractivity contribution in [2.75, 3.05) is 5.32 Å². The Hall–Kier alpha value is -2.79. The first kappa shape index (κ1) is 21.5. The van der Waals surface area contributed by atoms with Gasteiger partial charge in [-0.1, -0.05) is 17.4 Å². The molecule has 11 heteroatoms.